The lowest BCUT2D eigenvalue weighted by Gasteiger charge is -2.26. The zero-order valence-corrected chi connectivity index (χ0v) is 23.2. The van der Waals surface area contributed by atoms with Gasteiger partial charge >= 0.3 is 6.03 Å². The molecule has 0 aliphatic carbocycles. The molecule has 3 aromatic rings. The van der Waals surface area contributed by atoms with Crippen LogP contribution in [0.2, 0.25) is 0 Å². The molecule has 1 N–H and O–H groups in total. The van der Waals surface area contributed by atoms with E-state index in [0.717, 1.165) is 10.5 Å². The number of para-hydroxylation sites is 2. The molecule has 4 rings (SSSR count). The second-order valence-corrected chi connectivity index (χ2v) is 9.26. The van der Waals surface area contributed by atoms with Gasteiger partial charge in [0.05, 0.1) is 23.9 Å². The molecule has 1 saturated heterocycles. The summed E-state index contributed by atoms with van der Waals surface area (Å²) in [6.45, 7) is 4.55. The van der Waals surface area contributed by atoms with Crippen LogP contribution in [0.4, 0.5) is 10.5 Å². The van der Waals surface area contributed by atoms with Gasteiger partial charge in [0.2, 0.25) is 0 Å². The number of nitrogens with one attached hydrogen (secondary N) is 1. The highest BCUT2D eigenvalue weighted by Crippen LogP contribution is 2.38. The summed E-state index contributed by atoms with van der Waals surface area (Å²) in [6.07, 6.45) is 1.41. The predicted octanol–water partition coefficient (Wildman–Crippen LogP) is 5.29. The monoisotopic (exact) mass is 594 g/mol. The molecule has 9 nitrogen and oxygen atoms in total. The number of benzene rings is 3. The zero-order chi connectivity index (χ0) is 27.9. The number of ether oxygens (including phenoxy) is 4. The first-order chi connectivity index (χ1) is 18.8. The van der Waals surface area contributed by atoms with Crippen LogP contribution in [0.5, 0.6) is 23.0 Å². The van der Waals surface area contributed by atoms with Gasteiger partial charge < -0.3 is 18.9 Å². The van der Waals surface area contributed by atoms with Crippen LogP contribution in [0.25, 0.3) is 6.08 Å². The van der Waals surface area contributed by atoms with E-state index in [9.17, 15) is 14.4 Å². The van der Waals surface area contributed by atoms with Crippen molar-refractivity contribution in [3.05, 3.63) is 81.8 Å². The highest BCUT2D eigenvalue weighted by atomic mass is 79.9. The summed E-state index contributed by atoms with van der Waals surface area (Å²) in [6, 6.07) is 16.7. The van der Waals surface area contributed by atoms with E-state index in [2.05, 4.69) is 21.2 Å². The maximum Gasteiger partial charge on any atom is 0.335 e. The smallest absolute Gasteiger partial charge is 0.335 e. The van der Waals surface area contributed by atoms with Crippen LogP contribution in [0, 0.1) is 6.92 Å². The fourth-order valence-corrected chi connectivity index (χ4v) is 4.43. The molecule has 1 aliphatic heterocycles. The molecule has 1 aliphatic rings. The average molecular weight is 595 g/mol. The number of barbiturate groups is 1. The van der Waals surface area contributed by atoms with E-state index in [1.54, 1.807) is 55.6 Å². The number of carbonyl (C=O) groups is 3. The Morgan fingerprint density at radius 1 is 0.897 bits per heavy atom. The van der Waals surface area contributed by atoms with Crippen molar-refractivity contribution in [1.82, 2.24) is 5.32 Å². The van der Waals surface area contributed by atoms with Crippen LogP contribution in [0.1, 0.15) is 18.1 Å². The molecule has 3 aromatic carbocycles. The number of hydrogen-bond acceptors (Lipinski definition) is 7. The van der Waals surface area contributed by atoms with E-state index in [-0.39, 0.29) is 18.8 Å². The van der Waals surface area contributed by atoms with Gasteiger partial charge in [-0.1, -0.05) is 29.8 Å². The number of hydrogen-bond donors (Lipinski definition) is 1. The Morgan fingerprint density at radius 2 is 1.59 bits per heavy atom. The minimum atomic E-state index is -0.804. The molecule has 1 fully saturated rings. The quantitative estimate of drug-likeness (QED) is 0.193. The number of rotatable bonds is 10. The average Bonchev–Trinajstić information content (AvgIpc) is 2.91. The molecule has 10 heteroatoms. The van der Waals surface area contributed by atoms with Crippen LogP contribution >= 0.6 is 15.9 Å². The molecule has 0 radical (unpaired) electrons. The molecular formula is C29H27BrN2O7. The predicted molar refractivity (Wildman–Crippen MR) is 149 cm³/mol. The molecule has 4 amide bonds. The maximum atomic E-state index is 13.2. The van der Waals surface area contributed by atoms with Crippen molar-refractivity contribution in [2.24, 2.45) is 0 Å². The Balaban J connectivity index is 1.54. The number of methoxy groups -OCH3 is 1. The second kappa shape index (κ2) is 12.5. The molecule has 0 atom stereocenters. The fourth-order valence-electron chi connectivity index (χ4n) is 3.86. The molecule has 39 heavy (non-hydrogen) atoms. The minimum absolute atomic E-state index is 0.191. The van der Waals surface area contributed by atoms with Gasteiger partial charge in [-0.15, -0.1) is 0 Å². The summed E-state index contributed by atoms with van der Waals surface area (Å²) >= 11 is 3.50. The summed E-state index contributed by atoms with van der Waals surface area (Å²) in [5.41, 5.74) is 1.64. The normalized spacial score (nSPS) is 14.3. The van der Waals surface area contributed by atoms with E-state index in [1.165, 1.54) is 6.08 Å². The SMILES string of the molecule is CCOc1cc(C=C2C(=O)NC(=O)N(c3ccc(C)cc3)C2=O)cc(Br)c1OCCOc1ccccc1OC. The molecule has 0 saturated carbocycles. The number of anilines is 1. The van der Waals surface area contributed by atoms with Gasteiger partial charge in [-0.2, -0.15) is 0 Å². The van der Waals surface area contributed by atoms with Crippen molar-refractivity contribution in [2.75, 3.05) is 31.8 Å². The Hall–Kier alpha value is -4.31. The van der Waals surface area contributed by atoms with Gasteiger partial charge in [0, 0.05) is 0 Å². The number of carbonyl (C=O) groups excluding carboxylic acids is 3. The number of nitrogens with zero attached hydrogens (tertiary/aromatic N) is 1. The number of amides is 4. The van der Waals surface area contributed by atoms with Gasteiger partial charge in [-0.25, -0.2) is 9.69 Å². The third-order valence-corrected chi connectivity index (χ3v) is 6.28. The topological polar surface area (TPSA) is 103 Å². The van der Waals surface area contributed by atoms with Crippen LogP contribution < -0.4 is 29.2 Å². The van der Waals surface area contributed by atoms with Gasteiger partial charge in [-0.05, 0) is 77.8 Å². The Morgan fingerprint density at radius 3 is 2.28 bits per heavy atom. The fraction of sp³-hybridized carbons (Fsp3) is 0.207. The van der Waals surface area contributed by atoms with Crippen LogP contribution in [-0.2, 0) is 9.59 Å². The lowest BCUT2D eigenvalue weighted by Crippen LogP contribution is -2.54. The third-order valence-electron chi connectivity index (χ3n) is 5.69. The molecule has 0 unspecified atom stereocenters. The van der Waals surface area contributed by atoms with Crippen molar-refractivity contribution in [3.8, 4) is 23.0 Å². The number of halogens is 1. The van der Waals surface area contributed by atoms with Crippen LogP contribution in [-0.4, -0.2) is 44.8 Å². The third kappa shape index (κ3) is 6.40. The number of imide groups is 2. The van der Waals surface area contributed by atoms with Crippen LogP contribution in [0.15, 0.2) is 70.7 Å². The largest absolute Gasteiger partial charge is 0.493 e. The summed E-state index contributed by atoms with van der Waals surface area (Å²) in [5, 5.41) is 2.23. The van der Waals surface area contributed by atoms with E-state index in [0.29, 0.717) is 45.3 Å². The maximum absolute atomic E-state index is 13.2. The molecule has 1 heterocycles. The Labute approximate surface area is 234 Å². The lowest BCUT2D eigenvalue weighted by molar-refractivity contribution is -0.122. The number of urea groups is 1. The van der Waals surface area contributed by atoms with Gasteiger partial charge in [0.25, 0.3) is 11.8 Å². The molecule has 0 aromatic heterocycles. The number of aryl methyl sites for hydroxylation is 1. The van der Waals surface area contributed by atoms with Crippen LogP contribution in [0.3, 0.4) is 0 Å². The first-order valence-electron chi connectivity index (χ1n) is 12.2. The Kier molecular flexibility index (Phi) is 8.88. The van der Waals surface area contributed by atoms with E-state index in [4.69, 9.17) is 18.9 Å². The summed E-state index contributed by atoms with van der Waals surface area (Å²) in [4.78, 5) is 39.2. The van der Waals surface area contributed by atoms with E-state index < -0.39 is 17.8 Å². The molecule has 0 spiro atoms. The van der Waals surface area contributed by atoms with Gasteiger partial charge in [0.15, 0.2) is 23.0 Å². The van der Waals surface area contributed by atoms with Crippen molar-refractivity contribution < 1.29 is 33.3 Å². The zero-order valence-electron chi connectivity index (χ0n) is 21.7. The van der Waals surface area contributed by atoms with E-state index >= 15 is 0 Å². The summed E-state index contributed by atoms with van der Waals surface area (Å²) in [5.74, 6) is 0.565. The van der Waals surface area contributed by atoms with Crippen molar-refractivity contribution in [3.63, 3.8) is 0 Å². The second-order valence-electron chi connectivity index (χ2n) is 8.40. The van der Waals surface area contributed by atoms with Crippen molar-refractivity contribution in [1.29, 1.82) is 0 Å². The summed E-state index contributed by atoms with van der Waals surface area (Å²) in [7, 11) is 1.57. The highest BCUT2D eigenvalue weighted by Gasteiger charge is 2.36. The Bertz CT molecular complexity index is 1420. The molecule has 0 bridgehead atoms. The van der Waals surface area contributed by atoms with E-state index in [1.807, 2.05) is 26.0 Å². The molecular weight excluding hydrogens is 568 g/mol. The minimum Gasteiger partial charge on any atom is -0.493 e. The van der Waals surface area contributed by atoms with Crippen molar-refractivity contribution >= 4 is 45.5 Å². The first-order valence-corrected chi connectivity index (χ1v) is 12.9. The lowest BCUT2D eigenvalue weighted by atomic mass is 10.1. The standard InChI is InChI=1S/C29H27BrN2O7/c1-4-37-25-17-19(16-22(30)26(25)39-14-13-38-24-8-6-5-7-23(24)36-3)15-21-27(33)31-29(35)32(28(21)34)20-11-9-18(2)10-12-20/h5-12,15-17H,4,13-14H2,1-3H3,(H,31,33,35). The van der Waals surface area contributed by atoms with Crippen molar-refractivity contribution in [2.45, 2.75) is 13.8 Å². The first kappa shape index (κ1) is 27.7. The van der Waals surface area contributed by atoms with Gasteiger partial charge in [-0.3, -0.25) is 14.9 Å². The molecule has 202 valence electrons. The van der Waals surface area contributed by atoms with Gasteiger partial charge in [0.1, 0.15) is 18.8 Å². The highest BCUT2D eigenvalue weighted by molar-refractivity contribution is 9.10. The summed E-state index contributed by atoms with van der Waals surface area (Å²) < 4.78 is 23.3.